The molecule has 1 aliphatic rings. The van der Waals surface area contributed by atoms with E-state index in [4.69, 9.17) is 0 Å². The number of benzene rings is 1. The van der Waals surface area contributed by atoms with Gasteiger partial charge < -0.3 is 15.7 Å². The number of nitro groups is 1. The normalized spacial score (nSPS) is 20.9. The number of carbonyl (C=O) groups is 1. The molecule has 0 spiro atoms. The number of carbonyl (C=O) groups excluding carboxylic acids is 1. The first-order valence-corrected chi connectivity index (χ1v) is 6.52. The minimum Gasteiger partial charge on any atom is -0.393 e. The lowest BCUT2D eigenvalue weighted by Crippen LogP contribution is -2.39. The van der Waals surface area contributed by atoms with Gasteiger partial charge in [-0.25, -0.2) is 0 Å². The van der Waals surface area contributed by atoms with E-state index in [1.807, 2.05) is 0 Å². The van der Waals surface area contributed by atoms with Gasteiger partial charge in [0.25, 0.3) is 11.6 Å². The summed E-state index contributed by atoms with van der Waals surface area (Å²) in [7, 11) is 0. The van der Waals surface area contributed by atoms with Gasteiger partial charge in [-0.15, -0.1) is 0 Å². The minimum atomic E-state index is -0.514. The summed E-state index contributed by atoms with van der Waals surface area (Å²) in [4.78, 5) is 22.3. The lowest BCUT2D eigenvalue weighted by atomic mass is 9.89. The molecule has 1 saturated carbocycles. The molecule has 20 heavy (non-hydrogen) atoms. The third kappa shape index (κ3) is 3.05. The number of rotatable bonds is 5. The monoisotopic (exact) mass is 279 g/mol. The molecule has 0 aromatic heterocycles. The average molecular weight is 279 g/mol. The molecule has 0 bridgehead atoms. The van der Waals surface area contributed by atoms with Gasteiger partial charge in [0.2, 0.25) is 0 Å². The Hall–Kier alpha value is -2.15. The molecule has 0 heterocycles. The van der Waals surface area contributed by atoms with Crippen molar-refractivity contribution in [1.29, 1.82) is 0 Å². The van der Waals surface area contributed by atoms with Crippen LogP contribution in [-0.2, 0) is 0 Å². The van der Waals surface area contributed by atoms with E-state index in [9.17, 15) is 20.0 Å². The van der Waals surface area contributed by atoms with Crippen molar-refractivity contribution < 1.29 is 14.8 Å². The van der Waals surface area contributed by atoms with Gasteiger partial charge in [0, 0.05) is 24.2 Å². The Morgan fingerprint density at radius 2 is 2.20 bits per heavy atom. The molecule has 7 nitrogen and oxygen atoms in total. The van der Waals surface area contributed by atoms with Crippen molar-refractivity contribution in [3.05, 3.63) is 33.9 Å². The number of amides is 1. The van der Waals surface area contributed by atoms with E-state index in [0.717, 1.165) is 0 Å². The van der Waals surface area contributed by atoms with Crippen LogP contribution in [0.2, 0.25) is 0 Å². The van der Waals surface area contributed by atoms with Crippen LogP contribution in [0, 0.1) is 10.1 Å². The van der Waals surface area contributed by atoms with Crippen LogP contribution in [0.5, 0.6) is 0 Å². The fourth-order valence-electron chi connectivity index (χ4n) is 2.13. The fraction of sp³-hybridized carbons (Fsp3) is 0.462. The van der Waals surface area contributed by atoms with Crippen LogP contribution in [0.3, 0.4) is 0 Å². The highest BCUT2D eigenvalue weighted by atomic mass is 16.6. The zero-order valence-electron chi connectivity index (χ0n) is 11.1. The maximum atomic E-state index is 11.7. The molecule has 0 unspecified atom stereocenters. The van der Waals surface area contributed by atoms with Crippen molar-refractivity contribution in [2.24, 2.45) is 0 Å². The van der Waals surface area contributed by atoms with E-state index in [-0.39, 0.29) is 29.3 Å². The number of nitrogens with one attached hydrogen (secondary N) is 2. The van der Waals surface area contributed by atoms with Gasteiger partial charge in [0.1, 0.15) is 5.69 Å². The number of nitrogens with zero attached hydrogens (tertiary/aromatic N) is 1. The molecule has 1 fully saturated rings. The maximum absolute atomic E-state index is 11.7. The average Bonchev–Trinajstić information content (AvgIpc) is 2.37. The van der Waals surface area contributed by atoms with E-state index in [0.29, 0.717) is 25.1 Å². The van der Waals surface area contributed by atoms with Crippen LogP contribution in [0.1, 0.15) is 30.1 Å². The maximum Gasteiger partial charge on any atom is 0.293 e. The molecule has 3 N–H and O–H groups in total. The molecule has 0 radical (unpaired) electrons. The third-order valence-electron chi connectivity index (χ3n) is 3.27. The second kappa shape index (κ2) is 5.87. The van der Waals surface area contributed by atoms with Crippen LogP contribution in [0.4, 0.5) is 11.4 Å². The molecule has 7 heteroatoms. The predicted molar refractivity (Wildman–Crippen MR) is 73.8 cm³/mol. The standard InChI is InChI=1S/C13H17N3O4/c1-2-14-13(18)8-3-4-11(12(5-8)16(19)20)15-9-6-10(17)7-9/h3-5,9-10,15,17H,2,6-7H2,1H3,(H,14,18). The van der Waals surface area contributed by atoms with Gasteiger partial charge in [-0.2, -0.15) is 0 Å². The van der Waals surface area contributed by atoms with Crippen LogP contribution >= 0.6 is 0 Å². The predicted octanol–water partition coefficient (Wildman–Crippen LogP) is 1.28. The highest BCUT2D eigenvalue weighted by molar-refractivity contribution is 5.95. The molecule has 0 atom stereocenters. The summed E-state index contributed by atoms with van der Waals surface area (Å²) in [6.45, 7) is 2.25. The smallest absolute Gasteiger partial charge is 0.293 e. The van der Waals surface area contributed by atoms with Crippen LogP contribution in [-0.4, -0.2) is 34.6 Å². The molecule has 0 aliphatic heterocycles. The lowest BCUT2D eigenvalue weighted by Gasteiger charge is -2.32. The fourth-order valence-corrected chi connectivity index (χ4v) is 2.13. The Balaban J connectivity index is 2.19. The van der Waals surface area contributed by atoms with Crippen molar-refractivity contribution in [3.63, 3.8) is 0 Å². The molecule has 1 aromatic carbocycles. The van der Waals surface area contributed by atoms with Gasteiger partial charge >= 0.3 is 0 Å². The second-order valence-corrected chi connectivity index (χ2v) is 4.81. The summed E-state index contributed by atoms with van der Waals surface area (Å²) in [5.74, 6) is -0.332. The number of anilines is 1. The van der Waals surface area contributed by atoms with Gasteiger partial charge in [-0.3, -0.25) is 14.9 Å². The van der Waals surface area contributed by atoms with Crippen molar-refractivity contribution in [2.75, 3.05) is 11.9 Å². The Labute approximate surface area is 116 Å². The van der Waals surface area contributed by atoms with Crippen molar-refractivity contribution in [3.8, 4) is 0 Å². The zero-order chi connectivity index (χ0) is 14.7. The Kier molecular flexibility index (Phi) is 4.19. The summed E-state index contributed by atoms with van der Waals surface area (Å²) in [6.07, 6.45) is 0.825. The molecule has 108 valence electrons. The molecule has 2 rings (SSSR count). The summed E-state index contributed by atoms with van der Waals surface area (Å²) in [6, 6.07) is 4.39. The molecular formula is C13H17N3O4. The third-order valence-corrected chi connectivity index (χ3v) is 3.27. The quantitative estimate of drug-likeness (QED) is 0.556. The first-order valence-electron chi connectivity index (χ1n) is 6.52. The number of aliphatic hydroxyl groups is 1. The van der Waals surface area contributed by atoms with E-state index >= 15 is 0 Å². The molecule has 1 amide bonds. The van der Waals surface area contributed by atoms with Crippen LogP contribution in [0.25, 0.3) is 0 Å². The lowest BCUT2D eigenvalue weighted by molar-refractivity contribution is -0.384. The SMILES string of the molecule is CCNC(=O)c1ccc(NC2CC(O)C2)c([N+](=O)[O-])c1. The summed E-state index contributed by atoms with van der Waals surface area (Å²) >= 11 is 0. The van der Waals surface area contributed by atoms with Gasteiger partial charge in [-0.1, -0.05) is 0 Å². The van der Waals surface area contributed by atoms with Crippen LogP contribution < -0.4 is 10.6 Å². The van der Waals surface area contributed by atoms with Crippen molar-refractivity contribution in [2.45, 2.75) is 31.9 Å². The Bertz CT molecular complexity index is 526. The summed E-state index contributed by atoms with van der Waals surface area (Å²) < 4.78 is 0. The largest absolute Gasteiger partial charge is 0.393 e. The van der Waals surface area contributed by atoms with Gasteiger partial charge in [0.15, 0.2) is 0 Å². The van der Waals surface area contributed by atoms with Gasteiger partial charge in [0.05, 0.1) is 11.0 Å². The molecular weight excluding hydrogens is 262 g/mol. The number of hydrogen-bond donors (Lipinski definition) is 3. The molecule has 1 aliphatic carbocycles. The summed E-state index contributed by atoms with van der Waals surface area (Å²) in [5, 5.41) is 25.9. The highest BCUT2D eigenvalue weighted by Crippen LogP contribution is 2.30. The first-order chi connectivity index (χ1) is 9.51. The first kappa shape index (κ1) is 14.3. The Morgan fingerprint density at radius 1 is 1.50 bits per heavy atom. The Morgan fingerprint density at radius 3 is 2.75 bits per heavy atom. The van der Waals surface area contributed by atoms with E-state index in [1.165, 1.54) is 12.1 Å². The topological polar surface area (TPSA) is 104 Å². The number of nitro benzene ring substituents is 1. The van der Waals surface area contributed by atoms with Crippen molar-refractivity contribution >= 4 is 17.3 Å². The van der Waals surface area contributed by atoms with E-state index < -0.39 is 4.92 Å². The highest BCUT2D eigenvalue weighted by Gasteiger charge is 2.29. The van der Waals surface area contributed by atoms with Crippen molar-refractivity contribution in [1.82, 2.24) is 5.32 Å². The zero-order valence-corrected chi connectivity index (χ0v) is 11.1. The van der Waals surface area contributed by atoms with Gasteiger partial charge in [-0.05, 0) is 31.9 Å². The number of aliphatic hydroxyl groups excluding tert-OH is 1. The molecule has 0 saturated heterocycles. The summed E-state index contributed by atoms with van der Waals surface area (Å²) in [5.41, 5.74) is 0.507. The number of hydrogen-bond acceptors (Lipinski definition) is 5. The second-order valence-electron chi connectivity index (χ2n) is 4.81. The minimum absolute atomic E-state index is 0.0408. The van der Waals surface area contributed by atoms with Crippen LogP contribution in [0.15, 0.2) is 18.2 Å². The van der Waals surface area contributed by atoms with E-state index in [2.05, 4.69) is 10.6 Å². The molecule has 1 aromatic rings. The van der Waals surface area contributed by atoms with E-state index in [1.54, 1.807) is 13.0 Å².